The van der Waals surface area contributed by atoms with Crippen LogP contribution in [0.25, 0.3) is 0 Å². The van der Waals surface area contributed by atoms with Gasteiger partial charge in [0.1, 0.15) is 12.6 Å². The van der Waals surface area contributed by atoms with Crippen molar-refractivity contribution in [1.82, 2.24) is 20.4 Å². The molecule has 0 spiro atoms. The van der Waals surface area contributed by atoms with Crippen LogP contribution in [0.2, 0.25) is 0 Å². The van der Waals surface area contributed by atoms with Crippen molar-refractivity contribution >= 4 is 29.8 Å². The van der Waals surface area contributed by atoms with Gasteiger partial charge in [0.15, 0.2) is 0 Å². The van der Waals surface area contributed by atoms with Crippen molar-refractivity contribution in [3.63, 3.8) is 0 Å². The molecular weight excluding hydrogens is 540 g/mol. The first-order valence-corrected chi connectivity index (χ1v) is 15.3. The van der Waals surface area contributed by atoms with Gasteiger partial charge in [0.2, 0.25) is 17.7 Å². The Morgan fingerprint density at radius 1 is 0.976 bits per heavy atom. The average Bonchev–Trinajstić information content (AvgIpc) is 3.01. The number of carbonyl (C=O) groups excluding carboxylic acids is 4. The molecule has 0 aliphatic carbocycles. The molecule has 1 unspecified atom stereocenters. The Morgan fingerprint density at radius 3 is 2.40 bits per heavy atom. The largest absolute Gasteiger partial charge is 0.480 e. The third kappa shape index (κ3) is 11.0. The maximum absolute atomic E-state index is 13.0. The summed E-state index contributed by atoms with van der Waals surface area (Å²) < 4.78 is 5.43. The lowest BCUT2D eigenvalue weighted by molar-refractivity contribution is -0.142. The number of unbranched alkanes of at least 4 members (excludes halogenated alkanes) is 2. The molecule has 2 aliphatic heterocycles. The number of nitrogens with zero attached hydrogens (tertiary/aromatic N) is 2. The molecule has 1 aromatic carbocycles. The SMILES string of the molecule is CCCCCC(=O)NC(CNC(=O)[C@@H]1CCCN(C(=O)CCC2CCN(C(=O)OCc3ccccc3)CC2)C1)C(=O)O. The van der Waals surface area contributed by atoms with Gasteiger partial charge in [-0.25, -0.2) is 9.59 Å². The lowest BCUT2D eigenvalue weighted by Crippen LogP contribution is -2.51. The highest BCUT2D eigenvalue weighted by molar-refractivity contribution is 5.85. The first-order chi connectivity index (χ1) is 20.3. The number of piperidine rings is 2. The zero-order valence-electron chi connectivity index (χ0n) is 24.7. The van der Waals surface area contributed by atoms with E-state index in [0.29, 0.717) is 57.8 Å². The van der Waals surface area contributed by atoms with Gasteiger partial charge >= 0.3 is 12.1 Å². The fourth-order valence-electron chi connectivity index (χ4n) is 5.47. The quantitative estimate of drug-likeness (QED) is 0.284. The smallest absolute Gasteiger partial charge is 0.410 e. The number of benzene rings is 1. The number of carbonyl (C=O) groups is 5. The van der Waals surface area contributed by atoms with Crippen molar-refractivity contribution in [3.05, 3.63) is 35.9 Å². The molecule has 2 fully saturated rings. The van der Waals surface area contributed by atoms with Crippen LogP contribution in [0, 0.1) is 11.8 Å². The first-order valence-electron chi connectivity index (χ1n) is 15.3. The van der Waals surface area contributed by atoms with Crippen molar-refractivity contribution in [2.45, 2.75) is 83.8 Å². The predicted octanol–water partition coefficient (Wildman–Crippen LogP) is 3.32. The Labute approximate surface area is 248 Å². The molecule has 232 valence electrons. The molecule has 0 aromatic heterocycles. The van der Waals surface area contributed by atoms with Crippen molar-refractivity contribution in [2.75, 3.05) is 32.7 Å². The summed E-state index contributed by atoms with van der Waals surface area (Å²) in [7, 11) is 0. The van der Waals surface area contributed by atoms with Gasteiger partial charge in [-0.2, -0.15) is 0 Å². The standard InChI is InChI=1S/C31H46N4O7/c1-2-3-5-12-27(36)33-26(30(39)40)20-32-29(38)25-11-8-17-35(21-25)28(37)14-13-23-15-18-34(19-16-23)31(41)42-22-24-9-6-4-7-10-24/h4,6-7,9-10,23,25-26H,2-3,5,8,11-22H2,1H3,(H,32,38)(H,33,36)(H,39,40)/t25-,26?/m1/s1. The number of rotatable bonds is 14. The minimum atomic E-state index is -1.20. The highest BCUT2D eigenvalue weighted by Crippen LogP contribution is 2.24. The average molecular weight is 587 g/mol. The fraction of sp³-hybridized carbons (Fsp3) is 0.645. The normalized spacial score (nSPS) is 18.2. The lowest BCUT2D eigenvalue weighted by atomic mass is 9.91. The Kier molecular flexibility index (Phi) is 13.6. The number of ether oxygens (including phenoxy) is 1. The van der Waals surface area contributed by atoms with Crippen molar-refractivity contribution in [2.24, 2.45) is 11.8 Å². The highest BCUT2D eigenvalue weighted by atomic mass is 16.6. The van der Waals surface area contributed by atoms with Gasteiger partial charge < -0.3 is 30.3 Å². The molecule has 1 aromatic rings. The second-order valence-electron chi connectivity index (χ2n) is 11.3. The summed E-state index contributed by atoms with van der Waals surface area (Å²) in [6, 6.07) is 8.37. The Balaban J connectivity index is 1.35. The molecule has 42 heavy (non-hydrogen) atoms. The maximum Gasteiger partial charge on any atom is 0.410 e. The molecule has 0 bridgehead atoms. The van der Waals surface area contributed by atoms with Gasteiger partial charge in [-0.05, 0) is 50.0 Å². The number of nitrogens with one attached hydrogen (secondary N) is 2. The van der Waals surface area contributed by atoms with Gasteiger partial charge in [-0.15, -0.1) is 0 Å². The third-order valence-corrected chi connectivity index (χ3v) is 8.11. The molecule has 3 rings (SSSR count). The molecule has 3 N–H and O–H groups in total. The third-order valence-electron chi connectivity index (χ3n) is 8.11. The van der Waals surface area contributed by atoms with E-state index in [1.165, 1.54) is 0 Å². The lowest BCUT2D eigenvalue weighted by Gasteiger charge is -2.34. The van der Waals surface area contributed by atoms with Crippen molar-refractivity contribution in [1.29, 1.82) is 0 Å². The van der Waals surface area contributed by atoms with Crippen LogP contribution in [0.4, 0.5) is 4.79 Å². The number of hydrogen-bond acceptors (Lipinski definition) is 6. The molecule has 2 heterocycles. The van der Waals surface area contributed by atoms with Crippen LogP contribution >= 0.6 is 0 Å². The molecular formula is C31H46N4O7. The molecule has 11 heteroatoms. The molecule has 2 saturated heterocycles. The summed E-state index contributed by atoms with van der Waals surface area (Å²) in [4.78, 5) is 65.3. The molecule has 0 radical (unpaired) electrons. The molecule has 2 atom stereocenters. The van der Waals surface area contributed by atoms with Crippen LogP contribution in [-0.4, -0.2) is 83.5 Å². The minimum absolute atomic E-state index is 0.0138. The number of carboxylic acids is 1. The van der Waals surface area contributed by atoms with Crippen LogP contribution < -0.4 is 10.6 Å². The van der Waals surface area contributed by atoms with Gasteiger partial charge in [0.25, 0.3) is 0 Å². The first kappa shape index (κ1) is 32.9. The van der Waals surface area contributed by atoms with E-state index in [2.05, 4.69) is 10.6 Å². The predicted molar refractivity (Wildman–Crippen MR) is 156 cm³/mol. The fourth-order valence-corrected chi connectivity index (χ4v) is 5.47. The topological polar surface area (TPSA) is 145 Å². The van der Waals surface area contributed by atoms with E-state index >= 15 is 0 Å². The summed E-state index contributed by atoms with van der Waals surface area (Å²) in [5.41, 5.74) is 0.947. The monoisotopic (exact) mass is 586 g/mol. The number of carboxylic acid groups (broad SMARTS) is 1. The van der Waals surface area contributed by atoms with Crippen LogP contribution in [0.1, 0.15) is 76.7 Å². The van der Waals surface area contributed by atoms with E-state index in [1.54, 1.807) is 9.80 Å². The summed E-state index contributed by atoms with van der Waals surface area (Å²) in [6.45, 7) is 4.18. The zero-order valence-corrected chi connectivity index (χ0v) is 24.7. The summed E-state index contributed by atoms with van der Waals surface area (Å²) in [5.74, 6) is -1.89. The van der Waals surface area contributed by atoms with Crippen LogP contribution in [-0.2, 0) is 30.5 Å². The zero-order chi connectivity index (χ0) is 30.3. The van der Waals surface area contributed by atoms with E-state index in [0.717, 1.165) is 37.7 Å². The van der Waals surface area contributed by atoms with Gasteiger partial charge in [-0.1, -0.05) is 50.1 Å². The second kappa shape index (κ2) is 17.4. The van der Waals surface area contributed by atoms with E-state index in [9.17, 15) is 29.1 Å². The van der Waals surface area contributed by atoms with Crippen molar-refractivity contribution < 1.29 is 33.8 Å². The van der Waals surface area contributed by atoms with Crippen molar-refractivity contribution in [3.8, 4) is 0 Å². The Hall–Kier alpha value is -3.63. The molecule has 2 aliphatic rings. The van der Waals surface area contributed by atoms with Gasteiger partial charge in [-0.3, -0.25) is 14.4 Å². The molecule has 4 amide bonds. The number of likely N-dealkylation sites (tertiary alicyclic amines) is 2. The van der Waals surface area contributed by atoms with Crippen LogP contribution in [0.15, 0.2) is 30.3 Å². The van der Waals surface area contributed by atoms with Gasteiger partial charge in [0, 0.05) is 45.6 Å². The second-order valence-corrected chi connectivity index (χ2v) is 11.3. The minimum Gasteiger partial charge on any atom is -0.480 e. The van der Waals surface area contributed by atoms with E-state index in [-0.39, 0.29) is 43.4 Å². The van der Waals surface area contributed by atoms with E-state index in [1.807, 2.05) is 37.3 Å². The van der Waals surface area contributed by atoms with E-state index in [4.69, 9.17) is 4.74 Å². The Morgan fingerprint density at radius 2 is 1.71 bits per heavy atom. The molecule has 0 saturated carbocycles. The number of hydrogen-bond donors (Lipinski definition) is 3. The highest BCUT2D eigenvalue weighted by Gasteiger charge is 2.30. The van der Waals surface area contributed by atoms with Crippen LogP contribution in [0.5, 0.6) is 0 Å². The van der Waals surface area contributed by atoms with Crippen LogP contribution in [0.3, 0.4) is 0 Å². The Bertz CT molecular complexity index is 1040. The maximum atomic E-state index is 13.0. The van der Waals surface area contributed by atoms with E-state index < -0.39 is 17.9 Å². The number of aliphatic carboxylic acids is 1. The summed E-state index contributed by atoms with van der Waals surface area (Å²) >= 11 is 0. The number of amides is 4. The molecule has 11 nitrogen and oxygen atoms in total. The summed E-state index contributed by atoms with van der Waals surface area (Å²) in [5, 5.41) is 14.6. The summed E-state index contributed by atoms with van der Waals surface area (Å²) in [6.07, 6.45) is 6.57. The van der Waals surface area contributed by atoms with Gasteiger partial charge in [0.05, 0.1) is 5.92 Å².